The summed E-state index contributed by atoms with van der Waals surface area (Å²) in [4.78, 5) is 14.6. The molecule has 0 unspecified atom stereocenters. The van der Waals surface area contributed by atoms with Crippen LogP contribution in [-0.4, -0.2) is 29.9 Å². The Morgan fingerprint density at radius 2 is 2.17 bits per heavy atom. The van der Waals surface area contributed by atoms with Crippen LogP contribution in [0.5, 0.6) is 0 Å². The van der Waals surface area contributed by atoms with E-state index in [1.165, 1.54) is 31.3 Å². The summed E-state index contributed by atoms with van der Waals surface area (Å²) in [5.74, 6) is 0. The molecule has 1 heterocycles. The zero-order valence-corrected chi connectivity index (χ0v) is 10.5. The van der Waals surface area contributed by atoms with Gasteiger partial charge in [0.1, 0.15) is 5.70 Å². The molecule has 0 aliphatic heterocycles. The van der Waals surface area contributed by atoms with E-state index in [0.717, 1.165) is 0 Å². The number of anilines is 1. The first kappa shape index (κ1) is 14.1. The minimum atomic E-state index is -4.90. The predicted molar refractivity (Wildman–Crippen MR) is 63.9 cm³/mol. The van der Waals surface area contributed by atoms with E-state index < -0.39 is 20.1 Å². The average Bonchev–Trinajstić information content (AvgIpc) is 2.26. The van der Waals surface area contributed by atoms with Gasteiger partial charge < -0.3 is 4.90 Å². The van der Waals surface area contributed by atoms with Gasteiger partial charge in [-0.1, -0.05) is 0 Å². The number of hydrogen-bond acceptors (Lipinski definition) is 6. The van der Waals surface area contributed by atoms with Crippen molar-refractivity contribution in [2.24, 2.45) is 0 Å². The molecule has 0 atom stereocenters. The Kier molecular flexibility index (Phi) is 3.99. The lowest BCUT2D eigenvalue weighted by Gasteiger charge is -2.18. The lowest BCUT2D eigenvalue weighted by Crippen LogP contribution is -2.23. The topological polar surface area (TPSA) is 114 Å². The van der Waals surface area contributed by atoms with Crippen molar-refractivity contribution in [3.05, 3.63) is 45.4 Å². The number of pyridine rings is 1. The second kappa shape index (κ2) is 5.10. The molecule has 1 aromatic rings. The normalized spacial score (nSPS) is 12.8. The van der Waals surface area contributed by atoms with Crippen LogP contribution in [0.4, 0.5) is 5.69 Å². The molecule has 0 aromatic carbocycles. The van der Waals surface area contributed by atoms with Crippen molar-refractivity contribution in [1.82, 2.24) is 4.98 Å². The van der Waals surface area contributed by atoms with E-state index in [-0.39, 0.29) is 5.70 Å². The van der Waals surface area contributed by atoms with Gasteiger partial charge in [-0.15, -0.1) is 0 Å². The molecule has 0 bridgehead atoms. The second-order valence-corrected chi connectivity index (χ2v) is 4.73. The van der Waals surface area contributed by atoms with Gasteiger partial charge in [-0.25, -0.2) is 0 Å². The molecule has 98 valence electrons. The van der Waals surface area contributed by atoms with Crippen LogP contribution in [-0.2, 0) is 10.1 Å². The van der Waals surface area contributed by atoms with E-state index in [1.54, 1.807) is 12.1 Å². The van der Waals surface area contributed by atoms with Gasteiger partial charge in [0.2, 0.25) is 0 Å². The Bertz CT molecular complexity index is 581. The van der Waals surface area contributed by atoms with E-state index >= 15 is 0 Å². The molecule has 9 heteroatoms. The molecule has 0 saturated carbocycles. The van der Waals surface area contributed by atoms with Crippen LogP contribution >= 0.6 is 0 Å². The molecule has 0 saturated heterocycles. The highest BCUT2D eigenvalue weighted by Crippen LogP contribution is 2.20. The summed E-state index contributed by atoms with van der Waals surface area (Å²) in [6.07, 6.45) is 2.92. The summed E-state index contributed by atoms with van der Waals surface area (Å²) in [5, 5.41) is 9.43. The Labute approximate surface area is 103 Å². The molecule has 0 spiro atoms. The molecule has 0 amide bonds. The summed E-state index contributed by atoms with van der Waals surface area (Å²) < 4.78 is 30.8. The largest absolute Gasteiger partial charge is 0.404 e. The number of hydrogen-bond donors (Lipinski definition) is 1. The fourth-order valence-corrected chi connectivity index (χ4v) is 2.00. The summed E-state index contributed by atoms with van der Waals surface area (Å²) in [7, 11) is -3.47. The summed E-state index contributed by atoms with van der Waals surface area (Å²) in [5.41, 5.74) is 0.244. The van der Waals surface area contributed by atoms with Gasteiger partial charge in [-0.05, 0) is 19.1 Å². The number of aromatic nitrogens is 1. The third-order valence-corrected chi connectivity index (χ3v) is 3.19. The molecule has 0 radical (unpaired) electrons. The Morgan fingerprint density at radius 3 is 2.56 bits per heavy atom. The first-order chi connectivity index (χ1) is 8.25. The van der Waals surface area contributed by atoms with E-state index in [4.69, 9.17) is 4.55 Å². The van der Waals surface area contributed by atoms with Gasteiger partial charge in [0.25, 0.3) is 0 Å². The highest BCUT2D eigenvalue weighted by atomic mass is 32.2. The Balaban J connectivity index is 3.34. The highest BCUT2D eigenvalue weighted by Gasteiger charge is 2.32. The average molecular weight is 273 g/mol. The van der Waals surface area contributed by atoms with Gasteiger partial charge >= 0.3 is 15.1 Å². The summed E-state index contributed by atoms with van der Waals surface area (Å²) in [6.45, 7) is 1.22. The van der Waals surface area contributed by atoms with Crippen LogP contribution in [0, 0.1) is 10.1 Å². The van der Waals surface area contributed by atoms with Gasteiger partial charge in [0, 0.05) is 13.2 Å². The first-order valence-corrected chi connectivity index (χ1v) is 6.15. The number of nitrogens with zero attached hydrogens (tertiary/aromatic N) is 3. The second-order valence-electron chi connectivity index (χ2n) is 3.39. The summed E-state index contributed by atoms with van der Waals surface area (Å²) >= 11 is 0. The number of allylic oxidation sites excluding steroid dienone is 1. The van der Waals surface area contributed by atoms with Crippen molar-refractivity contribution >= 4 is 15.8 Å². The summed E-state index contributed by atoms with van der Waals surface area (Å²) in [6, 6.07) is 3.19. The molecule has 1 rings (SSSR count). The van der Waals surface area contributed by atoms with Crippen molar-refractivity contribution in [3.63, 3.8) is 0 Å². The maximum absolute atomic E-state index is 11.0. The van der Waals surface area contributed by atoms with Crippen LogP contribution in [0.1, 0.15) is 6.92 Å². The first-order valence-electron chi connectivity index (χ1n) is 4.71. The number of rotatable bonds is 4. The maximum Gasteiger partial charge on any atom is 0.404 e. The van der Waals surface area contributed by atoms with Gasteiger partial charge in [-0.3, -0.25) is 19.7 Å². The molecule has 18 heavy (non-hydrogen) atoms. The Hall–Kier alpha value is -2.00. The molecule has 0 aliphatic rings. The van der Waals surface area contributed by atoms with E-state index in [9.17, 15) is 18.5 Å². The molecule has 1 aromatic heterocycles. The van der Waals surface area contributed by atoms with Crippen LogP contribution in [0.25, 0.3) is 0 Å². The third-order valence-electron chi connectivity index (χ3n) is 2.26. The van der Waals surface area contributed by atoms with E-state index in [0.29, 0.717) is 5.69 Å². The highest BCUT2D eigenvalue weighted by molar-refractivity contribution is 7.89. The fourth-order valence-electron chi connectivity index (χ4n) is 1.30. The van der Waals surface area contributed by atoms with Gasteiger partial charge in [-0.2, -0.15) is 8.42 Å². The van der Waals surface area contributed by atoms with Crippen molar-refractivity contribution in [2.75, 3.05) is 11.9 Å². The minimum Gasteiger partial charge on any atom is -0.341 e. The predicted octanol–water partition coefficient (Wildman–Crippen LogP) is 0.871. The standard InChI is InChI=1S/C9H11N3O5S/c1-7(9(12(13)14)18(15,16)17)11(2)8-4-3-5-10-6-8/h3-6H,1-2H3,(H,15,16,17). The van der Waals surface area contributed by atoms with Crippen molar-refractivity contribution in [1.29, 1.82) is 0 Å². The third kappa shape index (κ3) is 3.02. The van der Waals surface area contributed by atoms with Crippen molar-refractivity contribution < 1.29 is 17.9 Å². The Morgan fingerprint density at radius 1 is 1.56 bits per heavy atom. The molecule has 0 aliphatic carbocycles. The lowest BCUT2D eigenvalue weighted by molar-refractivity contribution is -0.413. The zero-order valence-electron chi connectivity index (χ0n) is 9.64. The van der Waals surface area contributed by atoms with Crippen molar-refractivity contribution in [2.45, 2.75) is 6.92 Å². The molecule has 1 N–H and O–H groups in total. The monoisotopic (exact) mass is 273 g/mol. The fraction of sp³-hybridized carbons (Fsp3) is 0.222. The quantitative estimate of drug-likeness (QED) is 0.491. The van der Waals surface area contributed by atoms with Crippen LogP contribution in [0.15, 0.2) is 35.3 Å². The molecule has 0 fully saturated rings. The zero-order chi connectivity index (χ0) is 13.9. The van der Waals surface area contributed by atoms with Crippen LogP contribution in [0.3, 0.4) is 0 Å². The molecular formula is C9H11N3O5S. The van der Waals surface area contributed by atoms with E-state index in [2.05, 4.69) is 4.98 Å². The molecular weight excluding hydrogens is 262 g/mol. The van der Waals surface area contributed by atoms with Gasteiger partial charge in [0.05, 0.1) is 16.8 Å². The number of nitro groups is 1. The smallest absolute Gasteiger partial charge is 0.341 e. The minimum absolute atomic E-state index is 0.212. The van der Waals surface area contributed by atoms with Crippen LogP contribution < -0.4 is 4.90 Å². The lowest BCUT2D eigenvalue weighted by atomic mass is 10.3. The van der Waals surface area contributed by atoms with Gasteiger partial charge in [0.15, 0.2) is 0 Å². The SMILES string of the molecule is CC(=C([N+](=O)[O-])S(=O)(=O)O)N(C)c1cccnc1. The molecule has 8 nitrogen and oxygen atoms in total. The van der Waals surface area contributed by atoms with Crippen LogP contribution in [0.2, 0.25) is 0 Å². The van der Waals surface area contributed by atoms with E-state index in [1.807, 2.05) is 0 Å². The van der Waals surface area contributed by atoms with Crippen molar-refractivity contribution in [3.8, 4) is 0 Å². The maximum atomic E-state index is 11.0.